The number of carbonyl (C=O) groups excluding carboxylic acids is 1. The van der Waals surface area contributed by atoms with Crippen molar-refractivity contribution in [2.75, 3.05) is 40.4 Å². The van der Waals surface area contributed by atoms with Gasteiger partial charge in [-0.25, -0.2) is 0 Å². The van der Waals surface area contributed by atoms with Crippen molar-refractivity contribution in [1.29, 1.82) is 0 Å². The molecule has 2 aliphatic heterocycles. The summed E-state index contributed by atoms with van der Waals surface area (Å²) in [6.45, 7) is 6.52. The predicted octanol–water partition coefficient (Wildman–Crippen LogP) is 4.41. The van der Waals surface area contributed by atoms with Gasteiger partial charge >= 0.3 is 0 Å². The summed E-state index contributed by atoms with van der Waals surface area (Å²) in [6, 6.07) is 9.93. The molecule has 0 atom stereocenters. The maximum absolute atomic E-state index is 13.3. The third-order valence-electron chi connectivity index (χ3n) is 6.79. The van der Waals surface area contributed by atoms with E-state index in [1.807, 2.05) is 36.1 Å². The summed E-state index contributed by atoms with van der Waals surface area (Å²) in [4.78, 5) is 22.6. The SMILES string of the molecule is COc1ccc(OC)c(CN2CCC(c3nc(C)ccc3C(=O)N3CCCCC3)CC2)c1. The van der Waals surface area contributed by atoms with E-state index in [1.165, 1.54) is 6.42 Å². The molecular weight excluding hydrogens is 402 g/mol. The fourth-order valence-corrected chi connectivity index (χ4v) is 4.95. The van der Waals surface area contributed by atoms with Gasteiger partial charge in [0.2, 0.25) is 0 Å². The van der Waals surface area contributed by atoms with Gasteiger partial charge in [0.1, 0.15) is 11.5 Å². The van der Waals surface area contributed by atoms with E-state index in [9.17, 15) is 4.79 Å². The van der Waals surface area contributed by atoms with Crippen molar-refractivity contribution in [3.05, 3.63) is 52.8 Å². The summed E-state index contributed by atoms with van der Waals surface area (Å²) >= 11 is 0. The molecule has 32 heavy (non-hydrogen) atoms. The Kier molecular flexibility index (Phi) is 7.30. The third kappa shape index (κ3) is 5.07. The molecule has 2 fully saturated rings. The Morgan fingerprint density at radius 1 is 1.00 bits per heavy atom. The number of rotatable bonds is 6. The van der Waals surface area contributed by atoms with Gasteiger partial charge in [-0.2, -0.15) is 0 Å². The van der Waals surface area contributed by atoms with E-state index >= 15 is 0 Å². The number of ether oxygens (including phenoxy) is 2. The van der Waals surface area contributed by atoms with Crippen LogP contribution in [0.25, 0.3) is 0 Å². The van der Waals surface area contributed by atoms with Crippen molar-refractivity contribution in [1.82, 2.24) is 14.8 Å². The van der Waals surface area contributed by atoms with Crippen molar-refractivity contribution in [2.24, 2.45) is 0 Å². The summed E-state index contributed by atoms with van der Waals surface area (Å²) in [5.74, 6) is 2.22. The van der Waals surface area contributed by atoms with Crippen molar-refractivity contribution >= 4 is 5.91 Å². The van der Waals surface area contributed by atoms with E-state index in [-0.39, 0.29) is 5.91 Å². The van der Waals surface area contributed by atoms with E-state index in [0.29, 0.717) is 5.92 Å². The van der Waals surface area contributed by atoms with E-state index in [2.05, 4.69) is 11.0 Å². The van der Waals surface area contributed by atoms with Crippen LogP contribution in [-0.2, 0) is 6.54 Å². The lowest BCUT2D eigenvalue weighted by molar-refractivity contribution is 0.0721. The molecule has 1 aromatic heterocycles. The summed E-state index contributed by atoms with van der Waals surface area (Å²) in [5, 5.41) is 0. The first-order valence-electron chi connectivity index (χ1n) is 11.8. The first-order valence-corrected chi connectivity index (χ1v) is 11.8. The second kappa shape index (κ2) is 10.3. The van der Waals surface area contributed by atoms with Crippen LogP contribution in [-0.4, -0.2) is 61.1 Å². The average Bonchev–Trinajstić information content (AvgIpc) is 2.84. The average molecular weight is 438 g/mol. The number of benzene rings is 1. The molecule has 6 nitrogen and oxygen atoms in total. The van der Waals surface area contributed by atoms with Crippen LogP contribution >= 0.6 is 0 Å². The molecule has 6 heteroatoms. The standard InChI is InChI=1S/C26H35N3O3/c1-19-7-9-23(26(30)29-13-5-4-6-14-29)25(27-19)20-11-15-28(16-12-20)18-21-17-22(31-2)8-10-24(21)32-3/h7-10,17,20H,4-6,11-16,18H2,1-3H3. The van der Waals surface area contributed by atoms with Gasteiger partial charge in [-0.3, -0.25) is 14.7 Å². The second-order valence-corrected chi connectivity index (χ2v) is 8.97. The molecule has 0 N–H and O–H groups in total. The highest BCUT2D eigenvalue weighted by Gasteiger charge is 2.28. The van der Waals surface area contributed by atoms with Crippen LogP contribution in [0, 0.1) is 6.92 Å². The second-order valence-electron chi connectivity index (χ2n) is 8.97. The van der Waals surface area contributed by atoms with Crippen LogP contribution in [0.2, 0.25) is 0 Å². The van der Waals surface area contributed by atoms with Crippen LogP contribution in [0.5, 0.6) is 11.5 Å². The van der Waals surface area contributed by atoms with Gasteiger partial charge in [-0.05, 0) is 82.4 Å². The molecule has 0 unspecified atom stereocenters. The fraction of sp³-hybridized carbons (Fsp3) is 0.538. The molecule has 0 saturated carbocycles. The van der Waals surface area contributed by atoms with Crippen LogP contribution in [0.3, 0.4) is 0 Å². The number of methoxy groups -OCH3 is 2. The fourth-order valence-electron chi connectivity index (χ4n) is 4.95. The molecule has 2 aliphatic rings. The minimum Gasteiger partial charge on any atom is -0.497 e. The molecule has 2 saturated heterocycles. The molecule has 1 amide bonds. The van der Waals surface area contributed by atoms with Gasteiger partial charge < -0.3 is 14.4 Å². The van der Waals surface area contributed by atoms with Crippen LogP contribution < -0.4 is 9.47 Å². The normalized spacial score (nSPS) is 17.9. The number of likely N-dealkylation sites (tertiary alicyclic amines) is 2. The molecule has 4 rings (SSSR count). The highest BCUT2D eigenvalue weighted by Crippen LogP contribution is 2.32. The molecule has 0 aliphatic carbocycles. The van der Waals surface area contributed by atoms with Crippen LogP contribution in [0.15, 0.2) is 30.3 Å². The number of aryl methyl sites for hydroxylation is 1. The number of hydrogen-bond donors (Lipinski definition) is 0. The lowest BCUT2D eigenvalue weighted by atomic mass is 9.89. The summed E-state index contributed by atoms with van der Waals surface area (Å²) in [5.41, 5.74) is 3.93. The molecule has 2 aromatic rings. The first-order chi connectivity index (χ1) is 15.6. The Morgan fingerprint density at radius 3 is 2.44 bits per heavy atom. The molecule has 0 spiro atoms. The Bertz CT molecular complexity index is 932. The molecule has 3 heterocycles. The van der Waals surface area contributed by atoms with Crippen LogP contribution in [0.4, 0.5) is 0 Å². The maximum atomic E-state index is 13.3. The van der Waals surface area contributed by atoms with Crippen LogP contribution in [0.1, 0.15) is 65.3 Å². The predicted molar refractivity (Wildman–Crippen MR) is 126 cm³/mol. The number of amides is 1. The number of carbonyl (C=O) groups is 1. The lowest BCUT2D eigenvalue weighted by Crippen LogP contribution is -2.37. The smallest absolute Gasteiger partial charge is 0.255 e. The van der Waals surface area contributed by atoms with Crippen molar-refractivity contribution in [3.8, 4) is 11.5 Å². The monoisotopic (exact) mass is 437 g/mol. The minimum absolute atomic E-state index is 0.163. The zero-order chi connectivity index (χ0) is 22.5. The van der Waals surface area contributed by atoms with Gasteiger partial charge in [-0.15, -0.1) is 0 Å². The number of aromatic nitrogens is 1. The van der Waals surface area contributed by atoms with Crippen molar-refractivity contribution < 1.29 is 14.3 Å². The number of nitrogens with zero attached hydrogens (tertiary/aromatic N) is 3. The topological polar surface area (TPSA) is 54.9 Å². The highest BCUT2D eigenvalue weighted by atomic mass is 16.5. The van der Waals surface area contributed by atoms with Gasteiger partial charge in [0.15, 0.2) is 0 Å². The molecule has 1 aromatic carbocycles. The summed E-state index contributed by atoms with van der Waals surface area (Å²) in [6.07, 6.45) is 5.43. The zero-order valence-corrected chi connectivity index (χ0v) is 19.6. The third-order valence-corrected chi connectivity index (χ3v) is 6.79. The Hall–Kier alpha value is -2.60. The molecular formula is C26H35N3O3. The van der Waals surface area contributed by atoms with Gasteiger partial charge in [0.25, 0.3) is 5.91 Å². The van der Waals surface area contributed by atoms with Gasteiger partial charge in [-0.1, -0.05) is 0 Å². The highest BCUT2D eigenvalue weighted by molar-refractivity contribution is 5.95. The summed E-state index contributed by atoms with van der Waals surface area (Å²) in [7, 11) is 3.40. The van der Waals surface area contributed by atoms with E-state index in [1.54, 1.807) is 14.2 Å². The minimum atomic E-state index is 0.163. The Morgan fingerprint density at radius 2 is 1.75 bits per heavy atom. The first kappa shape index (κ1) is 22.6. The quantitative estimate of drug-likeness (QED) is 0.670. The Labute approximate surface area is 191 Å². The number of pyridine rings is 1. The van der Waals surface area contributed by atoms with Gasteiger partial charge in [0.05, 0.1) is 25.5 Å². The Balaban J connectivity index is 1.45. The maximum Gasteiger partial charge on any atom is 0.255 e. The van der Waals surface area contributed by atoms with Crippen molar-refractivity contribution in [3.63, 3.8) is 0 Å². The zero-order valence-electron chi connectivity index (χ0n) is 19.6. The van der Waals surface area contributed by atoms with Crippen molar-refractivity contribution in [2.45, 2.75) is 51.5 Å². The number of hydrogen-bond acceptors (Lipinski definition) is 5. The molecule has 0 radical (unpaired) electrons. The summed E-state index contributed by atoms with van der Waals surface area (Å²) < 4.78 is 11.0. The van der Waals surface area contributed by atoms with Gasteiger partial charge in [0, 0.05) is 36.8 Å². The van der Waals surface area contributed by atoms with E-state index in [4.69, 9.17) is 14.5 Å². The largest absolute Gasteiger partial charge is 0.497 e. The molecule has 172 valence electrons. The van der Waals surface area contributed by atoms with E-state index in [0.717, 1.165) is 92.4 Å². The molecule has 0 bridgehead atoms. The lowest BCUT2D eigenvalue weighted by Gasteiger charge is -2.33. The van der Waals surface area contributed by atoms with E-state index < -0.39 is 0 Å². The number of piperidine rings is 2.